The van der Waals surface area contributed by atoms with E-state index in [9.17, 15) is 14.4 Å². The second kappa shape index (κ2) is 8.15. The minimum Gasteiger partial charge on any atom is -0.496 e. The number of methoxy groups -OCH3 is 2. The van der Waals surface area contributed by atoms with E-state index in [2.05, 4.69) is 37.2 Å². The van der Waals surface area contributed by atoms with Crippen LogP contribution < -0.4 is 19.7 Å². The van der Waals surface area contributed by atoms with Gasteiger partial charge in [-0.1, -0.05) is 15.9 Å². The molecule has 1 N–H and O–H groups in total. The Hall–Kier alpha value is -2.65. The van der Waals surface area contributed by atoms with E-state index >= 15 is 0 Å². The number of hydrogen-bond donors (Lipinski definition) is 1. The van der Waals surface area contributed by atoms with Gasteiger partial charge in [-0.05, 0) is 52.3 Å². The summed E-state index contributed by atoms with van der Waals surface area (Å²) in [6.07, 6.45) is 1.37. The zero-order valence-electron chi connectivity index (χ0n) is 14.8. The summed E-state index contributed by atoms with van der Waals surface area (Å²) in [7, 11) is 2.97. The number of ether oxygens (including phenoxy) is 2. The highest BCUT2D eigenvalue weighted by Gasteiger charge is 2.37. The van der Waals surface area contributed by atoms with Gasteiger partial charge in [0.2, 0.25) is 0 Å². The summed E-state index contributed by atoms with van der Waals surface area (Å²) in [6, 6.07) is 9.06. The van der Waals surface area contributed by atoms with Crippen molar-refractivity contribution in [1.29, 1.82) is 0 Å². The van der Waals surface area contributed by atoms with Gasteiger partial charge in [-0.15, -0.1) is 0 Å². The van der Waals surface area contributed by atoms with E-state index in [-0.39, 0.29) is 5.57 Å². The zero-order chi connectivity index (χ0) is 20.4. The van der Waals surface area contributed by atoms with E-state index in [1.807, 2.05) is 0 Å². The molecule has 1 saturated heterocycles. The summed E-state index contributed by atoms with van der Waals surface area (Å²) in [5.41, 5.74) is 0.614. The van der Waals surface area contributed by atoms with Crippen molar-refractivity contribution in [3.05, 3.63) is 56.5 Å². The molecule has 0 saturated carbocycles. The molecule has 0 spiro atoms. The number of barbiturate groups is 1. The molecule has 7 nitrogen and oxygen atoms in total. The summed E-state index contributed by atoms with van der Waals surface area (Å²) in [5.74, 6) is -0.576. The van der Waals surface area contributed by atoms with Crippen LogP contribution in [0.2, 0.25) is 0 Å². The molecule has 0 bridgehead atoms. The fraction of sp³-hybridized carbons (Fsp3) is 0.105. The van der Waals surface area contributed by atoms with Crippen LogP contribution in [-0.2, 0) is 9.59 Å². The van der Waals surface area contributed by atoms with E-state index in [1.54, 1.807) is 36.4 Å². The number of halogens is 2. The van der Waals surface area contributed by atoms with Crippen molar-refractivity contribution in [3.63, 3.8) is 0 Å². The van der Waals surface area contributed by atoms with Gasteiger partial charge in [-0.25, -0.2) is 9.69 Å². The molecule has 144 valence electrons. The standard InChI is InChI=1S/C19H14Br2N2O5/c1-27-15-9-16(28-2)14(21)8-10(15)7-13-17(24)22-19(26)23(18(13)25)12-5-3-11(20)4-6-12/h3-9H,1-2H3,(H,22,24,26)/b13-7+. The Morgan fingerprint density at radius 1 is 0.964 bits per heavy atom. The van der Waals surface area contributed by atoms with Crippen LogP contribution in [0.4, 0.5) is 10.5 Å². The number of amides is 4. The Morgan fingerprint density at radius 3 is 2.21 bits per heavy atom. The Bertz CT molecular complexity index is 1000. The van der Waals surface area contributed by atoms with Crippen LogP contribution >= 0.6 is 31.9 Å². The number of nitrogens with one attached hydrogen (secondary N) is 1. The highest BCUT2D eigenvalue weighted by atomic mass is 79.9. The molecule has 0 aliphatic carbocycles. The summed E-state index contributed by atoms with van der Waals surface area (Å²) < 4.78 is 12.0. The van der Waals surface area contributed by atoms with E-state index in [0.29, 0.717) is 27.2 Å². The van der Waals surface area contributed by atoms with E-state index in [1.165, 1.54) is 20.3 Å². The maximum absolute atomic E-state index is 12.9. The van der Waals surface area contributed by atoms with Crippen LogP contribution in [0.5, 0.6) is 11.5 Å². The molecule has 9 heteroatoms. The van der Waals surface area contributed by atoms with Crippen molar-refractivity contribution in [2.75, 3.05) is 19.1 Å². The molecular formula is C19H14Br2N2O5. The molecule has 0 unspecified atom stereocenters. The monoisotopic (exact) mass is 508 g/mol. The number of hydrogen-bond acceptors (Lipinski definition) is 5. The first-order valence-corrected chi connectivity index (χ1v) is 9.53. The Balaban J connectivity index is 2.07. The maximum atomic E-state index is 12.9. The summed E-state index contributed by atoms with van der Waals surface area (Å²) in [5, 5.41) is 2.19. The lowest BCUT2D eigenvalue weighted by Crippen LogP contribution is -2.54. The molecule has 1 aliphatic rings. The lowest BCUT2D eigenvalue weighted by Gasteiger charge is -2.26. The van der Waals surface area contributed by atoms with Gasteiger partial charge in [-0.2, -0.15) is 0 Å². The molecule has 4 amide bonds. The van der Waals surface area contributed by atoms with E-state index < -0.39 is 17.8 Å². The number of benzene rings is 2. The highest BCUT2D eigenvalue weighted by Crippen LogP contribution is 2.34. The van der Waals surface area contributed by atoms with Crippen LogP contribution in [0.15, 0.2) is 50.9 Å². The fourth-order valence-electron chi connectivity index (χ4n) is 2.63. The number of carbonyl (C=O) groups is 3. The van der Waals surface area contributed by atoms with Gasteiger partial charge in [0, 0.05) is 16.1 Å². The smallest absolute Gasteiger partial charge is 0.335 e. The zero-order valence-corrected chi connectivity index (χ0v) is 18.0. The normalized spacial score (nSPS) is 15.6. The third-order valence-corrected chi connectivity index (χ3v) is 5.14. The Kier molecular flexibility index (Phi) is 5.85. The average molecular weight is 510 g/mol. The summed E-state index contributed by atoms with van der Waals surface area (Å²) in [6.45, 7) is 0. The van der Waals surface area contributed by atoms with Gasteiger partial charge in [0.05, 0.1) is 24.4 Å². The number of rotatable bonds is 4. The van der Waals surface area contributed by atoms with Gasteiger partial charge in [0.15, 0.2) is 0 Å². The molecule has 2 aromatic rings. The average Bonchev–Trinajstić information content (AvgIpc) is 2.66. The van der Waals surface area contributed by atoms with Crippen LogP contribution in [0, 0.1) is 0 Å². The first-order chi connectivity index (χ1) is 13.3. The predicted molar refractivity (Wildman–Crippen MR) is 110 cm³/mol. The van der Waals surface area contributed by atoms with Crippen molar-refractivity contribution >= 4 is 61.5 Å². The topological polar surface area (TPSA) is 84.9 Å². The molecule has 1 fully saturated rings. The molecule has 1 aliphatic heterocycles. The highest BCUT2D eigenvalue weighted by molar-refractivity contribution is 9.10. The Morgan fingerprint density at radius 2 is 1.61 bits per heavy atom. The SMILES string of the molecule is COc1cc(OC)c(/C=C2\C(=O)NC(=O)N(c3ccc(Br)cc3)C2=O)cc1Br. The third-order valence-electron chi connectivity index (χ3n) is 3.99. The molecular weight excluding hydrogens is 496 g/mol. The van der Waals surface area contributed by atoms with Crippen molar-refractivity contribution < 1.29 is 23.9 Å². The van der Waals surface area contributed by atoms with E-state index in [4.69, 9.17) is 9.47 Å². The second-order valence-electron chi connectivity index (χ2n) is 5.66. The van der Waals surface area contributed by atoms with Gasteiger partial charge < -0.3 is 9.47 Å². The van der Waals surface area contributed by atoms with Gasteiger partial charge in [0.1, 0.15) is 17.1 Å². The summed E-state index contributed by atoms with van der Waals surface area (Å²) in [4.78, 5) is 38.4. The molecule has 28 heavy (non-hydrogen) atoms. The predicted octanol–water partition coefficient (Wildman–Crippen LogP) is 3.90. The number of nitrogens with zero attached hydrogens (tertiary/aromatic N) is 1. The molecule has 0 radical (unpaired) electrons. The number of imide groups is 2. The molecule has 0 aromatic heterocycles. The minimum absolute atomic E-state index is 0.196. The van der Waals surface area contributed by atoms with Crippen LogP contribution in [0.25, 0.3) is 6.08 Å². The lowest BCUT2D eigenvalue weighted by molar-refractivity contribution is -0.122. The number of carbonyl (C=O) groups excluding carboxylic acids is 3. The van der Waals surface area contributed by atoms with Crippen molar-refractivity contribution in [2.45, 2.75) is 0 Å². The minimum atomic E-state index is -0.808. The van der Waals surface area contributed by atoms with Gasteiger partial charge in [-0.3, -0.25) is 14.9 Å². The number of urea groups is 1. The molecule has 2 aromatic carbocycles. The lowest BCUT2D eigenvalue weighted by atomic mass is 10.1. The van der Waals surface area contributed by atoms with E-state index in [0.717, 1.165) is 9.37 Å². The number of anilines is 1. The summed E-state index contributed by atoms with van der Waals surface area (Å²) >= 11 is 6.67. The van der Waals surface area contributed by atoms with Crippen molar-refractivity contribution in [3.8, 4) is 11.5 Å². The van der Waals surface area contributed by atoms with Gasteiger partial charge >= 0.3 is 6.03 Å². The fourth-order valence-corrected chi connectivity index (χ4v) is 3.42. The van der Waals surface area contributed by atoms with Crippen LogP contribution in [0.3, 0.4) is 0 Å². The van der Waals surface area contributed by atoms with Gasteiger partial charge in [0.25, 0.3) is 11.8 Å². The van der Waals surface area contributed by atoms with Crippen molar-refractivity contribution in [1.82, 2.24) is 5.32 Å². The molecule has 1 heterocycles. The quantitative estimate of drug-likeness (QED) is 0.499. The first kappa shape index (κ1) is 20.1. The molecule has 0 atom stereocenters. The van der Waals surface area contributed by atoms with Crippen LogP contribution in [-0.4, -0.2) is 32.1 Å². The Labute approximate surface area is 177 Å². The maximum Gasteiger partial charge on any atom is 0.335 e. The first-order valence-electron chi connectivity index (χ1n) is 7.94. The largest absolute Gasteiger partial charge is 0.496 e. The van der Waals surface area contributed by atoms with Crippen LogP contribution in [0.1, 0.15) is 5.56 Å². The third kappa shape index (κ3) is 3.81. The molecule has 3 rings (SSSR count). The van der Waals surface area contributed by atoms with Crippen molar-refractivity contribution in [2.24, 2.45) is 0 Å². The second-order valence-corrected chi connectivity index (χ2v) is 7.43.